The van der Waals surface area contributed by atoms with Crippen LogP contribution >= 0.6 is 12.4 Å². The van der Waals surface area contributed by atoms with Crippen LogP contribution in [0.2, 0.25) is 0 Å². The number of anilines is 1. The number of methoxy groups -OCH3 is 2. The number of phenols is 1. The van der Waals surface area contributed by atoms with Crippen molar-refractivity contribution in [3.05, 3.63) is 42.0 Å². The standard InChI is InChI=1S/C20H28N2O6S.ClH/c1-22(10-9-15-5-7-19(26-2)20(13-15)27-3)11-12-28-18-8-6-16(14-17(18)23)21-29(4,24)25;/h5-8,13-14,21,23H,9-12H2,1-4H3;1H. The molecule has 0 unspecified atom stereocenters. The van der Waals surface area contributed by atoms with Crippen molar-refractivity contribution in [3.63, 3.8) is 0 Å². The molecule has 0 aliphatic rings. The van der Waals surface area contributed by atoms with Crippen LogP contribution in [-0.2, 0) is 16.4 Å². The molecule has 0 radical (unpaired) electrons. The number of phenolic OH excluding ortho intramolecular Hbond substituents is 1. The topological polar surface area (TPSA) is 97.3 Å². The van der Waals surface area contributed by atoms with Crippen molar-refractivity contribution in [2.24, 2.45) is 0 Å². The SMILES string of the molecule is COc1ccc(CCN(C)CCOc2ccc(NS(C)(=O)=O)cc2O)cc1OC.Cl. The summed E-state index contributed by atoms with van der Waals surface area (Å²) in [6, 6.07) is 10.3. The van der Waals surface area contributed by atoms with E-state index in [0.717, 1.165) is 24.8 Å². The Hall–Kier alpha value is -2.36. The Bertz CT molecular complexity index is 924. The minimum atomic E-state index is -3.40. The van der Waals surface area contributed by atoms with Crippen molar-refractivity contribution in [3.8, 4) is 23.0 Å². The number of hydrogen-bond acceptors (Lipinski definition) is 7. The van der Waals surface area contributed by atoms with Crippen molar-refractivity contribution >= 4 is 28.1 Å². The lowest BCUT2D eigenvalue weighted by Crippen LogP contribution is -2.26. The summed E-state index contributed by atoms with van der Waals surface area (Å²) in [7, 11) is 1.82. The summed E-state index contributed by atoms with van der Waals surface area (Å²) in [5, 5.41) is 10.0. The minimum Gasteiger partial charge on any atom is -0.504 e. The van der Waals surface area contributed by atoms with Crippen LogP contribution in [0.3, 0.4) is 0 Å². The van der Waals surface area contributed by atoms with Crippen LogP contribution in [0.25, 0.3) is 0 Å². The highest BCUT2D eigenvalue weighted by Gasteiger charge is 2.09. The fourth-order valence-electron chi connectivity index (χ4n) is 2.70. The summed E-state index contributed by atoms with van der Waals surface area (Å²) in [6.07, 6.45) is 1.89. The molecule has 0 aliphatic heterocycles. The third kappa shape index (κ3) is 8.17. The second kappa shape index (κ2) is 11.7. The van der Waals surface area contributed by atoms with Gasteiger partial charge in [0.2, 0.25) is 10.0 Å². The summed E-state index contributed by atoms with van der Waals surface area (Å²) in [5.74, 6) is 1.60. The van der Waals surface area contributed by atoms with E-state index in [1.54, 1.807) is 14.2 Å². The number of rotatable bonds is 11. The van der Waals surface area contributed by atoms with E-state index in [1.807, 2.05) is 25.2 Å². The summed E-state index contributed by atoms with van der Waals surface area (Å²) in [6.45, 7) is 1.87. The lowest BCUT2D eigenvalue weighted by atomic mass is 10.1. The zero-order valence-electron chi connectivity index (χ0n) is 17.5. The monoisotopic (exact) mass is 460 g/mol. The van der Waals surface area contributed by atoms with Gasteiger partial charge in [-0.1, -0.05) is 6.07 Å². The van der Waals surface area contributed by atoms with Gasteiger partial charge < -0.3 is 24.2 Å². The molecule has 0 spiro atoms. The van der Waals surface area contributed by atoms with Gasteiger partial charge in [0.25, 0.3) is 0 Å². The number of aromatic hydroxyl groups is 1. The van der Waals surface area contributed by atoms with Gasteiger partial charge in [0.1, 0.15) is 6.61 Å². The number of nitrogens with zero attached hydrogens (tertiary/aromatic N) is 1. The van der Waals surface area contributed by atoms with E-state index < -0.39 is 10.0 Å². The molecule has 168 valence electrons. The van der Waals surface area contributed by atoms with E-state index in [-0.39, 0.29) is 23.8 Å². The first kappa shape index (κ1) is 25.7. The minimum absolute atomic E-state index is 0. The molecule has 0 saturated heterocycles. The van der Waals surface area contributed by atoms with E-state index in [0.29, 0.717) is 30.4 Å². The normalized spacial score (nSPS) is 11.0. The largest absolute Gasteiger partial charge is 0.504 e. The van der Waals surface area contributed by atoms with Gasteiger partial charge in [-0.05, 0) is 43.3 Å². The van der Waals surface area contributed by atoms with Gasteiger partial charge in [-0.2, -0.15) is 0 Å². The first-order chi connectivity index (χ1) is 13.7. The number of ether oxygens (including phenoxy) is 3. The van der Waals surface area contributed by atoms with Gasteiger partial charge in [0.05, 0.1) is 26.2 Å². The number of nitrogens with one attached hydrogen (secondary N) is 1. The van der Waals surface area contributed by atoms with Crippen molar-refractivity contribution in [2.45, 2.75) is 6.42 Å². The van der Waals surface area contributed by atoms with Gasteiger partial charge in [-0.25, -0.2) is 8.42 Å². The molecule has 2 N–H and O–H groups in total. The molecule has 0 aliphatic carbocycles. The molecule has 0 atom stereocenters. The number of halogens is 1. The van der Waals surface area contributed by atoms with Gasteiger partial charge in [0, 0.05) is 19.2 Å². The van der Waals surface area contributed by atoms with Crippen molar-refractivity contribution < 1.29 is 27.7 Å². The molecule has 10 heteroatoms. The lowest BCUT2D eigenvalue weighted by Gasteiger charge is -2.18. The number of hydrogen-bond donors (Lipinski definition) is 2. The molecule has 0 fully saturated rings. The van der Waals surface area contributed by atoms with Crippen molar-refractivity contribution in [1.29, 1.82) is 0 Å². The molecule has 0 amide bonds. The predicted molar refractivity (Wildman–Crippen MR) is 120 cm³/mol. The Morgan fingerprint density at radius 2 is 1.67 bits per heavy atom. The fourth-order valence-corrected chi connectivity index (χ4v) is 3.25. The van der Waals surface area contributed by atoms with Crippen molar-refractivity contribution in [1.82, 2.24) is 4.90 Å². The Morgan fingerprint density at radius 1 is 1.00 bits per heavy atom. The molecular formula is C20H29ClN2O6S. The third-order valence-electron chi connectivity index (χ3n) is 4.22. The van der Waals surface area contributed by atoms with Crippen LogP contribution in [0.1, 0.15) is 5.56 Å². The highest BCUT2D eigenvalue weighted by atomic mass is 35.5. The number of benzene rings is 2. The van der Waals surface area contributed by atoms with Gasteiger partial charge >= 0.3 is 0 Å². The van der Waals surface area contributed by atoms with Crippen molar-refractivity contribution in [2.75, 3.05) is 51.9 Å². The molecule has 0 aromatic heterocycles. The zero-order chi connectivity index (χ0) is 21.4. The lowest BCUT2D eigenvalue weighted by molar-refractivity contribution is 0.232. The van der Waals surface area contributed by atoms with E-state index in [4.69, 9.17) is 14.2 Å². The maximum atomic E-state index is 11.2. The summed E-state index contributed by atoms with van der Waals surface area (Å²) >= 11 is 0. The average Bonchev–Trinajstić information content (AvgIpc) is 2.66. The first-order valence-corrected chi connectivity index (χ1v) is 10.9. The molecule has 0 saturated carbocycles. The smallest absolute Gasteiger partial charge is 0.229 e. The molecule has 8 nitrogen and oxygen atoms in total. The quantitative estimate of drug-likeness (QED) is 0.532. The van der Waals surface area contributed by atoms with Crippen LogP contribution in [0.15, 0.2) is 36.4 Å². The second-order valence-corrected chi connectivity index (χ2v) is 8.40. The average molecular weight is 461 g/mol. The summed E-state index contributed by atoms with van der Waals surface area (Å²) < 4.78 is 40.9. The second-order valence-electron chi connectivity index (χ2n) is 6.65. The number of likely N-dealkylation sites (N-methyl/N-ethyl adjacent to an activating group) is 1. The zero-order valence-corrected chi connectivity index (χ0v) is 19.2. The highest BCUT2D eigenvalue weighted by molar-refractivity contribution is 7.92. The maximum absolute atomic E-state index is 11.2. The molecule has 0 heterocycles. The van der Waals surface area contributed by atoms with E-state index in [1.165, 1.54) is 18.2 Å². The maximum Gasteiger partial charge on any atom is 0.229 e. The fraction of sp³-hybridized carbons (Fsp3) is 0.400. The van der Waals surface area contributed by atoms with Crippen LogP contribution in [0.5, 0.6) is 23.0 Å². The first-order valence-electron chi connectivity index (χ1n) is 9.05. The Morgan fingerprint density at radius 3 is 2.27 bits per heavy atom. The Balaban J connectivity index is 0.00000450. The van der Waals surface area contributed by atoms with Crippen LogP contribution in [-0.4, -0.2) is 65.6 Å². The molecule has 30 heavy (non-hydrogen) atoms. The van der Waals surface area contributed by atoms with Crippen LogP contribution in [0.4, 0.5) is 5.69 Å². The molecule has 0 bridgehead atoms. The van der Waals surface area contributed by atoms with E-state index in [9.17, 15) is 13.5 Å². The van der Waals surface area contributed by atoms with E-state index in [2.05, 4.69) is 9.62 Å². The Labute approximate surface area is 184 Å². The van der Waals surface area contributed by atoms with Crippen LogP contribution in [0, 0.1) is 0 Å². The summed E-state index contributed by atoms with van der Waals surface area (Å²) in [4.78, 5) is 2.12. The highest BCUT2D eigenvalue weighted by Crippen LogP contribution is 2.29. The summed E-state index contributed by atoms with van der Waals surface area (Å²) in [5.41, 5.74) is 1.42. The predicted octanol–water partition coefficient (Wildman–Crippen LogP) is 2.76. The van der Waals surface area contributed by atoms with Gasteiger partial charge in [-0.15, -0.1) is 12.4 Å². The number of sulfonamides is 1. The molecule has 2 rings (SSSR count). The van der Waals surface area contributed by atoms with E-state index >= 15 is 0 Å². The Kier molecular flexibility index (Phi) is 10.0. The van der Waals surface area contributed by atoms with Gasteiger partial charge in [-0.3, -0.25) is 4.72 Å². The molecular weight excluding hydrogens is 432 g/mol. The molecule has 2 aromatic rings. The molecule has 2 aromatic carbocycles. The third-order valence-corrected chi connectivity index (χ3v) is 4.83. The van der Waals surface area contributed by atoms with Crippen LogP contribution < -0.4 is 18.9 Å². The van der Waals surface area contributed by atoms with Gasteiger partial charge in [0.15, 0.2) is 23.0 Å².